The quantitative estimate of drug-likeness (QED) is 0.884. The second-order valence-corrected chi connectivity index (χ2v) is 4.44. The van der Waals surface area contributed by atoms with Crippen LogP contribution in [0.25, 0.3) is 0 Å². The lowest BCUT2D eigenvalue weighted by Crippen LogP contribution is -2.15. The van der Waals surface area contributed by atoms with Crippen molar-refractivity contribution >= 4 is 0 Å². The van der Waals surface area contributed by atoms with Gasteiger partial charge in [-0.15, -0.1) is 0 Å². The van der Waals surface area contributed by atoms with E-state index in [1.165, 1.54) is 11.0 Å². The maximum absolute atomic E-state index is 13.0. The second-order valence-electron chi connectivity index (χ2n) is 4.44. The van der Waals surface area contributed by atoms with E-state index in [-0.39, 0.29) is 12.0 Å². The Hall–Kier alpha value is -1.96. The van der Waals surface area contributed by atoms with Crippen LogP contribution < -0.4 is 0 Å². The van der Waals surface area contributed by atoms with Crippen LogP contribution >= 0.6 is 0 Å². The molecule has 0 aliphatic heterocycles. The van der Waals surface area contributed by atoms with Gasteiger partial charge in [0.05, 0.1) is 11.7 Å². The van der Waals surface area contributed by atoms with Gasteiger partial charge < -0.3 is 5.11 Å². The molecule has 114 valence electrons. The van der Waals surface area contributed by atoms with Crippen molar-refractivity contribution in [1.82, 2.24) is 14.8 Å². The summed E-state index contributed by atoms with van der Waals surface area (Å²) < 4.78 is 53.2. The molecule has 2 aromatic rings. The van der Waals surface area contributed by atoms with Gasteiger partial charge in [0.2, 0.25) is 0 Å². The minimum atomic E-state index is -4.74. The van der Waals surface area contributed by atoms with Crippen LogP contribution in [0.15, 0.2) is 24.5 Å². The van der Waals surface area contributed by atoms with Crippen LogP contribution in [0.5, 0.6) is 0 Å². The molecule has 0 amide bonds. The van der Waals surface area contributed by atoms with Gasteiger partial charge in [0.25, 0.3) is 0 Å². The number of halogens is 4. The molecule has 1 N–H and O–H groups in total. The van der Waals surface area contributed by atoms with Crippen LogP contribution in [-0.2, 0) is 19.1 Å². The van der Waals surface area contributed by atoms with Gasteiger partial charge in [-0.05, 0) is 24.6 Å². The first-order valence-electron chi connectivity index (χ1n) is 6.24. The number of benzene rings is 1. The van der Waals surface area contributed by atoms with Crippen LogP contribution in [0.4, 0.5) is 17.6 Å². The standard InChI is InChI=1S/C13H13F4N3O/c1-2-20-12(18-7-19-20)6-11(21)9-4-3-8(14)5-10(9)13(15,16)17/h3-5,7,11,21H,2,6H2,1H3. The van der Waals surface area contributed by atoms with Crippen molar-refractivity contribution in [2.75, 3.05) is 0 Å². The number of aliphatic hydroxyl groups is 1. The summed E-state index contributed by atoms with van der Waals surface area (Å²) in [5, 5.41) is 13.9. The van der Waals surface area contributed by atoms with Crippen molar-refractivity contribution in [2.24, 2.45) is 0 Å². The number of nitrogens with zero attached hydrogens (tertiary/aromatic N) is 3. The van der Waals surface area contributed by atoms with E-state index in [1.54, 1.807) is 6.92 Å². The molecule has 1 aromatic carbocycles. The Morgan fingerprint density at radius 3 is 2.67 bits per heavy atom. The number of rotatable bonds is 4. The Labute approximate surface area is 118 Å². The summed E-state index contributed by atoms with van der Waals surface area (Å²) in [6.45, 7) is 2.28. The third kappa shape index (κ3) is 3.38. The lowest BCUT2D eigenvalue weighted by molar-refractivity contribution is -0.139. The second kappa shape index (κ2) is 5.80. The molecule has 0 radical (unpaired) electrons. The molecule has 0 aliphatic carbocycles. The van der Waals surface area contributed by atoms with Gasteiger partial charge in [0.15, 0.2) is 0 Å². The molecule has 0 aliphatic rings. The summed E-state index contributed by atoms with van der Waals surface area (Å²) in [6, 6.07) is 2.21. The Bertz CT molecular complexity index is 624. The number of alkyl halides is 3. The predicted octanol–water partition coefficient (Wildman–Crippen LogP) is 2.73. The van der Waals surface area contributed by atoms with E-state index in [1.807, 2.05) is 0 Å². The summed E-state index contributed by atoms with van der Waals surface area (Å²) in [6.07, 6.45) is -5.06. The van der Waals surface area contributed by atoms with E-state index < -0.39 is 23.7 Å². The third-order valence-corrected chi connectivity index (χ3v) is 3.05. The van der Waals surface area contributed by atoms with Crippen molar-refractivity contribution in [3.05, 3.63) is 47.3 Å². The molecule has 0 saturated carbocycles. The van der Waals surface area contributed by atoms with E-state index in [2.05, 4.69) is 10.1 Å². The van der Waals surface area contributed by atoms with Gasteiger partial charge in [0.1, 0.15) is 18.0 Å². The normalized spacial score (nSPS) is 13.4. The van der Waals surface area contributed by atoms with Gasteiger partial charge in [0, 0.05) is 13.0 Å². The summed E-state index contributed by atoms with van der Waals surface area (Å²) in [5.74, 6) is -0.641. The molecule has 0 bridgehead atoms. The Morgan fingerprint density at radius 2 is 2.05 bits per heavy atom. The molecule has 2 rings (SSSR count). The van der Waals surface area contributed by atoms with E-state index >= 15 is 0 Å². The molecule has 1 unspecified atom stereocenters. The number of hydrogen-bond acceptors (Lipinski definition) is 3. The first kappa shape index (κ1) is 15.4. The van der Waals surface area contributed by atoms with Crippen molar-refractivity contribution < 1.29 is 22.7 Å². The molecular formula is C13H13F4N3O. The lowest BCUT2D eigenvalue weighted by atomic mass is 9.99. The highest BCUT2D eigenvalue weighted by molar-refractivity contribution is 5.32. The largest absolute Gasteiger partial charge is 0.416 e. The first-order chi connectivity index (χ1) is 9.82. The highest BCUT2D eigenvalue weighted by atomic mass is 19.4. The summed E-state index contributed by atoms with van der Waals surface area (Å²) in [7, 11) is 0. The molecule has 0 fully saturated rings. The average molecular weight is 303 g/mol. The van der Waals surface area contributed by atoms with Gasteiger partial charge in [-0.2, -0.15) is 18.3 Å². The number of hydrogen-bond donors (Lipinski definition) is 1. The Morgan fingerprint density at radius 1 is 1.33 bits per heavy atom. The highest BCUT2D eigenvalue weighted by Gasteiger charge is 2.35. The third-order valence-electron chi connectivity index (χ3n) is 3.05. The van der Waals surface area contributed by atoms with Crippen LogP contribution in [0.2, 0.25) is 0 Å². The minimum Gasteiger partial charge on any atom is -0.388 e. The first-order valence-corrected chi connectivity index (χ1v) is 6.24. The zero-order chi connectivity index (χ0) is 15.6. The average Bonchev–Trinajstić information content (AvgIpc) is 2.84. The monoisotopic (exact) mass is 303 g/mol. The summed E-state index contributed by atoms with van der Waals surface area (Å²) in [5.41, 5.74) is -1.56. The number of aromatic nitrogens is 3. The lowest BCUT2D eigenvalue weighted by Gasteiger charge is -2.17. The van der Waals surface area contributed by atoms with Gasteiger partial charge >= 0.3 is 6.18 Å². The molecule has 8 heteroatoms. The van der Waals surface area contributed by atoms with E-state index in [0.717, 1.165) is 12.1 Å². The maximum atomic E-state index is 13.0. The molecule has 4 nitrogen and oxygen atoms in total. The van der Waals surface area contributed by atoms with Gasteiger partial charge in [-0.1, -0.05) is 6.07 Å². The fraction of sp³-hybridized carbons (Fsp3) is 0.385. The Balaban J connectivity index is 2.33. The van der Waals surface area contributed by atoms with Gasteiger partial charge in [-0.3, -0.25) is 4.68 Å². The molecular weight excluding hydrogens is 290 g/mol. The summed E-state index contributed by atoms with van der Waals surface area (Å²) in [4.78, 5) is 3.90. The van der Waals surface area contributed by atoms with Crippen LogP contribution in [0.1, 0.15) is 30.0 Å². The summed E-state index contributed by atoms with van der Waals surface area (Å²) >= 11 is 0. The maximum Gasteiger partial charge on any atom is 0.416 e. The highest BCUT2D eigenvalue weighted by Crippen LogP contribution is 2.35. The molecule has 1 atom stereocenters. The van der Waals surface area contributed by atoms with Crippen molar-refractivity contribution in [2.45, 2.75) is 32.2 Å². The molecule has 0 saturated heterocycles. The zero-order valence-corrected chi connectivity index (χ0v) is 11.1. The number of aliphatic hydroxyl groups excluding tert-OH is 1. The zero-order valence-electron chi connectivity index (χ0n) is 11.1. The van der Waals surface area contributed by atoms with Crippen LogP contribution in [-0.4, -0.2) is 19.9 Å². The Kier molecular flexibility index (Phi) is 4.26. The smallest absolute Gasteiger partial charge is 0.388 e. The van der Waals surface area contributed by atoms with E-state index in [0.29, 0.717) is 18.4 Å². The topological polar surface area (TPSA) is 50.9 Å². The van der Waals surface area contributed by atoms with Crippen LogP contribution in [0.3, 0.4) is 0 Å². The fourth-order valence-corrected chi connectivity index (χ4v) is 2.06. The number of aryl methyl sites for hydroxylation is 1. The van der Waals surface area contributed by atoms with E-state index in [4.69, 9.17) is 0 Å². The molecule has 1 heterocycles. The molecule has 0 spiro atoms. The van der Waals surface area contributed by atoms with E-state index in [9.17, 15) is 22.7 Å². The van der Waals surface area contributed by atoms with Crippen molar-refractivity contribution in [1.29, 1.82) is 0 Å². The SMILES string of the molecule is CCn1ncnc1CC(O)c1ccc(F)cc1C(F)(F)F. The fourth-order valence-electron chi connectivity index (χ4n) is 2.06. The minimum absolute atomic E-state index is 0.136. The van der Waals surface area contributed by atoms with Gasteiger partial charge in [-0.25, -0.2) is 9.37 Å². The molecule has 1 aromatic heterocycles. The van der Waals surface area contributed by atoms with Crippen molar-refractivity contribution in [3.63, 3.8) is 0 Å². The van der Waals surface area contributed by atoms with Crippen molar-refractivity contribution in [3.8, 4) is 0 Å². The van der Waals surface area contributed by atoms with Crippen LogP contribution in [0, 0.1) is 5.82 Å². The predicted molar refractivity (Wildman–Crippen MR) is 65.8 cm³/mol. The molecule has 21 heavy (non-hydrogen) atoms.